The average Bonchev–Trinajstić information content (AvgIpc) is 2.79. The van der Waals surface area contributed by atoms with Crippen molar-refractivity contribution in [2.45, 2.75) is 32.2 Å². The van der Waals surface area contributed by atoms with Gasteiger partial charge in [0.1, 0.15) is 12.1 Å². The summed E-state index contributed by atoms with van der Waals surface area (Å²) in [7, 11) is 1.63. The second-order valence-electron chi connectivity index (χ2n) is 5.40. The molecule has 0 atom stereocenters. The van der Waals surface area contributed by atoms with Crippen LogP contribution in [0.15, 0.2) is 30.3 Å². The molecule has 1 aromatic carbocycles. The zero-order valence-corrected chi connectivity index (χ0v) is 13.1. The minimum atomic E-state index is -0.872. The molecule has 0 radical (unpaired) electrons. The first kappa shape index (κ1) is 16.0. The minimum Gasteiger partial charge on any atom is -0.323 e. The van der Waals surface area contributed by atoms with E-state index in [-0.39, 0.29) is 18.4 Å². The number of nitrogens with one attached hydrogen (secondary N) is 1. The number of amides is 4. The number of rotatable bonds is 5. The van der Waals surface area contributed by atoms with Crippen molar-refractivity contribution in [1.29, 1.82) is 0 Å². The fourth-order valence-electron chi connectivity index (χ4n) is 2.59. The van der Waals surface area contributed by atoms with Crippen molar-refractivity contribution in [3.63, 3.8) is 0 Å². The normalized spacial score (nSPS) is 16.6. The predicted octanol–water partition coefficient (Wildman–Crippen LogP) is 1.76. The lowest BCUT2D eigenvalue weighted by Gasteiger charge is -2.24. The molecule has 1 aliphatic heterocycles. The number of hydrogen-bond acceptors (Lipinski definition) is 3. The van der Waals surface area contributed by atoms with E-state index in [9.17, 15) is 14.4 Å². The summed E-state index contributed by atoms with van der Waals surface area (Å²) >= 11 is 0. The van der Waals surface area contributed by atoms with Crippen molar-refractivity contribution in [3.8, 4) is 0 Å². The Hall–Kier alpha value is -2.37. The lowest BCUT2D eigenvalue weighted by atomic mass is 9.93. The third-order valence-corrected chi connectivity index (χ3v) is 4.26. The van der Waals surface area contributed by atoms with Crippen LogP contribution in [0, 0.1) is 0 Å². The topological polar surface area (TPSA) is 69.7 Å². The van der Waals surface area contributed by atoms with E-state index in [1.807, 2.05) is 32.0 Å². The number of carbonyl (C=O) groups excluding carboxylic acids is 3. The lowest BCUT2D eigenvalue weighted by Crippen LogP contribution is -2.46. The molecule has 6 heteroatoms. The molecule has 1 aliphatic rings. The summed E-state index contributed by atoms with van der Waals surface area (Å²) in [6, 6.07) is 8.61. The first-order valence-corrected chi connectivity index (χ1v) is 7.41. The van der Waals surface area contributed by atoms with Crippen LogP contribution >= 0.6 is 0 Å². The molecule has 1 saturated heterocycles. The van der Waals surface area contributed by atoms with Crippen LogP contribution in [-0.4, -0.2) is 41.9 Å². The van der Waals surface area contributed by atoms with Crippen LogP contribution in [0.3, 0.4) is 0 Å². The van der Waals surface area contributed by atoms with Crippen LogP contribution in [-0.2, 0) is 9.59 Å². The molecule has 118 valence electrons. The summed E-state index contributed by atoms with van der Waals surface area (Å²) < 4.78 is 0. The molecule has 2 rings (SSSR count). The van der Waals surface area contributed by atoms with Gasteiger partial charge in [-0.15, -0.1) is 0 Å². The minimum absolute atomic E-state index is 0.252. The number of likely N-dealkylation sites (N-methyl/N-ethyl adjacent to an activating group) is 1. The molecule has 4 amide bonds. The van der Waals surface area contributed by atoms with Crippen molar-refractivity contribution in [1.82, 2.24) is 10.2 Å². The third kappa shape index (κ3) is 2.68. The Morgan fingerprint density at radius 3 is 2.27 bits per heavy atom. The Morgan fingerprint density at radius 2 is 1.77 bits per heavy atom. The fraction of sp³-hybridized carbons (Fsp3) is 0.438. The van der Waals surface area contributed by atoms with Gasteiger partial charge in [-0.2, -0.15) is 0 Å². The summed E-state index contributed by atoms with van der Waals surface area (Å²) in [4.78, 5) is 39.3. The van der Waals surface area contributed by atoms with E-state index in [2.05, 4.69) is 5.32 Å². The van der Waals surface area contributed by atoms with Crippen LogP contribution in [0.2, 0.25) is 0 Å². The number of imide groups is 1. The Labute approximate surface area is 130 Å². The van der Waals surface area contributed by atoms with Crippen LogP contribution < -0.4 is 10.2 Å². The van der Waals surface area contributed by atoms with E-state index in [0.29, 0.717) is 12.8 Å². The number of anilines is 1. The highest BCUT2D eigenvalue weighted by Crippen LogP contribution is 2.25. The molecule has 0 unspecified atom stereocenters. The van der Waals surface area contributed by atoms with Gasteiger partial charge in [-0.25, -0.2) is 4.79 Å². The van der Waals surface area contributed by atoms with E-state index in [0.717, 1.165) is 10.6 Å². The van der Waals surface area contributed by atoms with E-state index >= 15 is 0 Å². The van der Waals surface area contributed by atoms with E-state index in [1.165, 1.54) is 4.90 Å². The maximum atomic E-state index is 12.5. The number of hydrogen-bond donors (Lipinski definition) is 1. The molecule has 0 saturated carbocycles. The lowest BCUT2D eigenvalue weighted by molar-refractivity contribution is -0.134. The van der Waals surface area contributed by atoms with Gasteiger partial charge in [-0.05, 0) is 25.0 Å². The van der Waals surface area contributed by atoms with Crippen LogP contribution in [0.5, 0.6) is 0 Å². The molecule has 0 bridgehead atoms. The van der Waals surface area contributed by atoms with Gasteiger partial charge in [0.15, 0.2) is 0 Å². The largest absolute Gasteiger partial charge is 0.325 e. The van der Waals surface area contributed by atoms with Crippen LogP contribution in [0.4, 0.5) is 10.5 Å². The van der Waals surface area contributed by atoms with Gasteiger partial charge in [-0.3, -0.25) is 14.5 Å². The van der Waals surface area contributed by atoms with Gasteiger partial charge in [-0.1, -0.05) is 32.0 Å². The standard InChI is InChI=1S/C16H21N3O3/c1-4-16(5-2)14(21)19(15(22)17-16)11-13(20)18(3)12-9-7-6-8-10-12/h6-10H,4-5,11H2,1-3H3,(H,17,22). The highest BCUT2D eigenvalue weighted by molar-refractivity contribution is 6.10. The molecule has 1 N–H and O–H groups in total. The molecule has 6 nitrogen and oxygen atoms in total. The SMILES string of the molecule is CCC1(CC)NC(=O)N(CC(=O)N(C)c2ccccc2)C1=O. The maximum absolute atomic E-state index is 12.5. The number of nitrogens with zero attached hydrogens (tertiary/aromatic N) is 2. The van der Waals surface area contributed by atoms with Gasteiger partial charge in [0.2, 0.25) is 5.91 Å². The Kier molecular flexibility index (Phi) is 4.49. The molecule has 0 aromatic heterocycles. The molecular formula is C16H21N3O3. The maximum Gasteiger partial charge on any atom is 0.325 e. The molecule has 0 aliphatic carbocycles. The highest BCUT2D eigenvalue weighted by atomic mass is 16.2. The molecule has 1 aromatic rings. The molecule has 1 heterocycles. The zero-order chi connectivity index (χ0) is 16.3. The van der Waals surface area contributed by atoms with Crippen molar-refractivity contribution in [2.24, 2.45) is 0 Å². The van der Waals surface area contributed by atoms with Gasteiger partial charge in [0.05, 0.1) is 0 Å². The summed E-state index contributed by atoms with van der Waals surface area (Å²) in [6.45, 7) is 3.45. The van der Waals surface area contributed by atoms with Crippen LogP contribution in [0.1, 0.15) is 26.7 Å². The second-order valence-corrected chi connectivity index (χ2v) is 5.40. The second kappa shape index (κ2) is 6.17. The first-order valence-electron chi connectivity index (χ1n) is 7.41. The van der Waals surface area contributed by atoms with E-state index < -0.39 is 11.6 Å². The Bertz CT molecular complexity index is 582. The Morgan fingerprint density at radius 1 is 1.18 bits per heavy atom. The van der Waals surface area contributed by atoms with E-state index in [1.54, 1.807) is 19.2 Å². The summed E-state index contributed by atoms with van der Waals surface area (Å²) in [5.74, 6) is -0.630. The third-order valence-electron chi connectivity index (χ3n) is 4.26. The van der Waals surface area contributed by atoms with Gasteiger partial charge >= 0.3 is 6.03 Å². The van der Waals surface area contributed by atoms with Crippen molar-refractivity contribution in [2.75, 3.05) is 18.5 Å². The number of para-hydroxylation sites is 1. The van der Waals surface area contributed by atoms with Gasteiger partial charge < -0.3 is 10.2 Å². The quantitative estimate of drug-likeness (QED) is 0.843. The van der Waals surface area contributed by atoms with E-state index in [4.69, 9.17) is 0 Å². The summed E-state index contributed by atoms with van der Waals surface area (Å²) in [5.41, 5.74) is -0.153. The molecule has 0 spiro atoms. The number of carbonyl (C=O) groups is 3. The van der Waals surface area contributed by atoms with Crippen LogP contribution in [0.25, 0.3) is 0 Å². The fourth-order valence-corrected chi connectivity index (χ4v) is 2.59. The predicted molar refractivity (Wildman–Crippen MR) is 83.4 cm³/mol. The van der Waals surface area contributed by atoms with Gasteiger partial charge in [0, 0.05) is 12.7 Å². The van der Waals surface area contributed by atoms with Crippen molar-refractivity contribution >= 4 is 23.5 Å². The van der Waals surface area contributed by atoms with Crippen molar-refractivity contribution in [3.05, 3.63) is 30.3 Å². The summed E-state index contributed by atoms with van der Waals surface area (Å²) in [6.07, 6.45) is 1.01. The Balaban J connectivity index is 2.12. The smallest absolute Gasteiger partial charge is 0.323 e. The van der Waals surface area contributed by atoms with Gasteiger partial charge in [0.25, 0.3) is 5.91 Å². The monoisotopic (exact) mass is 303 g/mol. The molecular weight excluding hydrogens is 282 g/mol. The number of urea groups is 1. The average molecular weight is 303 g/mol. The highest BCUT2D eigenvalue weighted by Gasteiger charge is 2.49. The first-order chi connectivity index (χ1) is 10.4. The zero-order valence-electron chi connectivity index (χ0n) is 13.1. The molecule has 1 fully saturated rings. The summed E-state index contributed by atoms with van der Waals surface area (Å²) in [5, 5.41) is 2.72. The number of benzene rings is 1. The molecule has 22 heavy (non-hydrogen) atoms. The van der Waals surface area contributed by atoms with Crippen molar-refractivity contribution < 1.29 is 14.4 Å².